The third kappa shape index (κ3) is 7.96. The zero-order valence-corrected chi connectivity index (χ0v) is 17.7. The van der Waals surface area contributed by atoms with Gasteiger partial charge < -0.3 is 20.7 Å². The summed E-state index contributed by atoms with van der Waals surface area (Å²) in [6, 6.07) is 10.1. The number of benzene rings is 1. The quantitative estimate of drug-likeness (QED) is 0.375. The van der Waals surface area contributed by atoms with Crippen LogP contribution in [0, 0.1) is 0 Å². The molecule has 8 heteroatoms. The Labute approximate surface area is 170 Å². The number of alkyl carbamates (subject to hydrolysis) is 1. The molecule has 0 aliphatic carbocycles. The van der Waals surface area contributed by atoms with Crippen LogP contribution in [0.25, 0.3) is 11.3 Å². The highest BCUT2D eigenvalue weighted by Crippen LogP contribution is 2.21. The molecular weight excluding hydrogens is 374 g/mol. The number of hydrogen-bond acceptors (Lipinski definition) is 5. The van der Waals surface area contributed by atoms with Crippen LogP contribution in [0.5, 0.6) is 0 Å². The monoisotopic (exact) mass is 403 g/mol. The molecule has 1 aromatic heterocycles. The van der Waals surface area contributed by atoms with E-state index in [4.69, 9.17) is 4.74 Å². The molecule has 152 valence electrons. The number of ether oxygens (including phenoxy) is 1. The number of carbonyl (C=O) groups excluding carboxylic acids is 1. The minimum Gasteiger partial charge on any atom is -0.444 e. The van der Waals surface area contributed by atoms with Crippen LogP contribution in [0.4, 0.5) is 4.79 Å². The molecule has 0 aliphatic heterocycles. The van der Waals surface area contributed by atoms with E-state index in [-0.39, 0.29) is 0 Å². The topological polar surface area (TPSA) is 87.6 Å². The van der Waals surface area contributed by atoms with Crippen molar-refractivity contribution in [1.82, 2.24) is 20.9 Å². The summed E-state index contributed by atoms with van der Waals surface area (Å²) in [5, 5.41) is 12.3. The number of thiazole rings is 1. The fraction of sp³-hybridized carbons (Fsp3) is 0.450. The average molecular weight is 404 g/mol. The summed E-state index contributed by atoms with van der Waals surface area (Å²) in [7, 11) is 1.73. The third-order valence-corrected chi connectivity index (χ3v) is 4.41. The Morgan fingerprint density at radius 3 is 2.54 bits per heavy atom. The number of carbonyl (C=O) groups is 1. The van der Waals surface area contributed by atoms with Gasteiger partial charge in [-0.25, -0.2) is 9.78 Å². The van der Waals surface area contributed by atoms with E-state index in [1.807, 2.05) is 39.0 Å². The summed E-state index contributed by atoms with van der Waals surface area (Å²) in [6.45, 7) is 7.35. The van der Waals surface area contributed by atoms with E-state index in [0.29, 0.717) is 25.6 Å². The number of amides is 1. The SMILES string of the molecule is CN=C(NCCCNC(=O)OC(C)(C)C)NCc1nc(-c2ccccc2)cs1. The first-order chi connectivity index (χ1) is 13.4. The van der Waals surface area contributed by atoms with E-state index in [1.165, 1.54) is 0 Å². The minimum absolute atomic E-state index is 0.395. The Balaban J connectivity index is 1.67. The van der Waals surface area contributed by atoms with Crippen molar-refractivity contribution in [3.05, 3.63) is 40.7 Å². The fourth-order valence-electron chi connectivity index (χ4n) is 2.31. The Bertz CT molecular complexity index is 768. The first kappa shape index (κ1) is 21.7. The summed E-state index contributed by atoms with van der Waals surface area (Å²) in [6.07, 6.45) is 0.364. The molecule has 0 spiro atoms. The first-order valence-corrected chi connectivity index (χ1v) is 10.2. The number of rotatable bonds is 7. The molecule has 0 fully saturated rings. The zero-order chi connectivity index (χ0) is 20.4. The van der Waals surface area contributed by atoms with E-state index in [0.717, 1.165) is 22.7 Å². The highest BCUT2D eigenvalue weighted by atomic mass is 32.1. The van der Waals surface area contributed by atoms with Crippen LogP contribution in [0.15, 0.2) is 40.7 Å². The maximum absolute atomic E-state index is 11.6. The van der Waals surface area contributed by atoms with E-state index in [9.17, 15) is 4.79 Å². The van der Waals surface area contributed by atoms with Crippen LogP contribution in [0.2, 0.25) is 0 Å². The number of guanidine groups is 1. The molecule has 2 aromatic rings. The number of nitrogens with one attached hydrogen (secondary N) is 3. The van der Waals surface area contributed by atoms with E-state index in [1.54, 1.807) is 18.4 Å². The van der Waals surface area contributed by atoms with E-state index in [2.05, 4.69) is 43.4 Å². The fourth-order valence-corrected chi connectivity index (χ4v) is 3.06. The number of aromatic nitrogens is 1. The van der Waals surface area contributed by atoms with Gasteiger partial charge in [-0.15, -0.1) is 11.3 Å². The van der Waals surface area contributed by atoms with Gasteiger partial charge in [0, 0.05) is 31.1 Å². The van der Waals surface area contributed by atoms with E-state index >= 15 is 0 Å². The minimum atomic E-state index is -0.482. The number of nitrogens with zero attached hydrogens (tertiary/aromatic N) is 2. The predicted octanol–water partition coefficient (Wildman–Crippen LogP) is 3.39. The van der Waals surface area contributed by atoms with Crippen molar-refractivity contribution in [2.24, 2.45) is 4.99 Å². The van der Waals surface area contributed by atoms with Gasteiger partial charge in [-0.1, -0.05) is 30.3 Å². The van der Waals surface area contributed by atoms with Gasteiger partial charge in [-0.3, -0.25) is 4.99 Å². The maximum Gasteiger partial charge on any atom is 0.407 e. The van der Waals surface area contributed by atoms with Crippen LogP contribution in [0.3, 0.4) is 0 Å². The number of aliphatic imine (C=N–C) groups is 1. The number of hydrogen-bond donors (Lipinski definition) is 3. The van der Waals surface area contributed by atoms with E-state index < -0.39 is 11.7 Å². The van der Waals surface area contributed by atoms with Crippen molar-refractivity contribution in [2.75, 3.05) is 20.1 Å². The molecular formula is C20H29N5O2S. The summed E-state index contributed by atoms with van der Waals surface area (Å²) >= 11 is 1.62. The van der Waals surface area contributed by atoms with Crippen LogP contribution < -0.4 is 16.0 Å². The smallest absolute Gasteiger partial charge is 0.407 e. The van der Waals surface area contributed by atoms with Crippen molar-refractivity contribution in [2.45, 2.75) is 39.3 Å². The summed E-state index contributed by atoms with van der Waals surface area (Å²) in [5.74, 6) is 0.703. The van der Waals surface area contributed by atoms with Crippen LogP contribution >= 0.6 is 11.3 Å². The van der Waals surface area contributed by atoms with Crippen LogP contribution in [-0.2, 0) is 11.3 Å². The van der Waals surface area contributed by atoms with Crippen molar-refractivity contribution >= 4 is 23.4 Å². The van der Waals surface area contributed by atoms with Gasteiger partial charge >= 0.3 is 6.09 Å². The van der Waals surface area contributed by atoms with Gasteiger partial charge in [0.05, 0.1) is 12.2 Å². The molecule has 1 heterocycles. The third-order valence-electron chi connectivity index (χ3n) is 3.57. The molecule has 28 heavy (non-hydrogen) atoms. The van der Waals surface area contributed by atoms with Crippen molar-refractivity contribution in [3.8, 4) is 11.3 Å². The second-order valence-corrected chi connectivity index (χ2v) is 8.07. The average Bonchev–Trinajstić information content (AvgIpc) is 3.12. The molecule has 0 saturated carbocycles. The summed E-state index contributed by atoms with van der Waals surface area (Å²) in [4.78, 5) is 20.4. The Morgan fingerprint density at radius 2 is 1.86 bits per heavy atom. The van der Waals surface area contributed by atoms with Crippen LogP contribution in [0.1, 0.15) is 32.2 Å². The summed E-state index contributed by atoms with van der Waals surface area (Å²) < 4.78 is 5.20. The standard InChI is InChI=1S/C20H29N5O2S/c1-20(2,3)27-19(26)23-12-8-11-22-18(21-4)24-13-17-25-16(14-28-17)15-9-6-5-7-10-15/h5-7,9-10,14H,8,11-13H2,1-4H3,(H,23,26)(H2,21,22,24). The second-order valence-electron chi connectivity index (χ2n) is 7.13. The normalized spacial score (nSPS) is 11.8. The molecule has 0 atom stereocenters. The predicted molar refractivity (Wildman–Crippen MR) is 115 cm³/mol. The Kier molecular flexibility index (Phi) is 8.25. The lowest BCUT2D eigenvalue weighted by molar-refractivity contribution is 0.0527. The first-order valence-electron chi connectivity index (χ1n) is 9.28. The Hall–Kier alpha value is -2.61. The maximum atomic E-state index is 11.6. The molecule has 0 aliphatic rings. The molecule has 0 radical (unpaired) electrons. The molecule has 2 rings (SSSR count). The largest absolute Gasteiger partial charge is 0.444 e. The van der Waals surface area contributed by atoms with Gasteiger partial charge in [0.2, 0.25) is 0 Å². The highest BCUT2D eigenvalue weighted by Gasteiger charge is 2.15. The molecule has 1 amide bonds. The Morgan fingerprint density at radius 1 is 1.14 bits per heavy atom. The van der Waals surface area contributed by atoms with Crippen molar-refractivity contribution in [3.63, 3.8) is 0 Å². The molecule has 0 saturated heterocycles. The van der Waals surface area contributed by atoms with Gasteiger partial charge in [0.15, 0.2) is 5.96 Å². The molecule has 1 aromatic carbocycles. The lowest BCUT2D eigenvalue weighted by Crippen LogP contribution is -2.39. The van der Waals surface area contributed by atoms with Crippen molar-refractivity contribution in [1.29, 1.82) is 0 Å². The lowest BCUT2D eigenvalue weighted by Gasteiger charge is -2.19. The van der Waals surface area contributed by atoms with Gasteiger partial charge in [-0.2, -0.15) is 0 Å². The summed E-state index contributed by atoms with van der Waals surface area (Å²) in [5.41, 5.74) is 1.62. The highest BCUT2D eigenvalue weighted by molar-refractivity contribution is 7.09. The zero-order valence-electron chi connectivity index (χ0n) is 16.9. The molecule has 3 N–H and O–H groups in total. The van der Waals surface area contributed by atoms with Crippen LogP contribution in [-0.4, -0.2) is 42.8 Å². The molecule has 7 nitrogen and oxygen atoms in total. The van der Waals surface area contributed by atoms with Gasteiger partial charge in [-0.05, 0) is 27.2 Å². The molecule has 0 unspecified atom stereocenters. The van der Waals surface area contributed by atoms with Gasteiger partial charge in [0.25, 0.3) is 0 Å². The molecule has 0 bridgehead atoms. The van der Waals surface area contributed by atoms with Gasteiger partial charge in [0.1, 0.15) is 10.6 Å². The lowest BCUT2D eigenvalue weighted by atomic mass is 10.2. The second kappa shape index (κ2) is 10.7. The van der Waals surface area contributed by atoms with Crippen molar-refractivity contribution < 1.29 is 9.53 Å².